The van der Waals surface area contributed by atoms with Gasteiger partial charge in [0.15, 0.2) is 6.10 Å². The minimum absolute atomic E-state index is 0.0165. The van der Waals surface area contributed by atoms with Crippen molar-refractivity contribution in [1.29, 1.82) is 0 Å². The molecule has 1 aliphatic rings. The summed E-state index contributed by atoms with van der Waals surface area (Å²) in [6.45, 7) is 5.00. The summed E-state index contributed by atoms with van der Waals surface area (Å²) >= 11 is 0. The molecule has 1 aromatic heterocycles. The molecule has 4 rings (SSSR count). The molecule has 0 aliphatic carbocycles. The van der Waals surface area contributed by atoms with Gasteiger partial charge in [0.2, 0.25) is 0 Å². The number of rotatable bonds is 8. The molecule has 0 radical (unpaired) electrons. The standard InChI is InChI=1S/C24H29N5O4/c1-2-23(33-20-7-8-22-21(15-20)17(9-10-25)16-26-22)24(30)28-13-11-27(12-14-28)18-3-5-19(6-4-18)29(31)32/h3-8,15-16,23,26H,2,9-14,25H2,1H3. The third kappa shape index (κ3) is 4.93. The van der Waals surface area contributed by atoms with Crippen LogP contribution in [0.25, 0.3) is 10.9 Å². The Morgan fingerprint density at radius 3 is 2.55 bits per heavy atom. The fourth-order valence-electron chi connectivity index (χ4n) is 4.24. The van der Waals surface area contributed by atoms with Crippen LogP contribution < -0.4 is 15.4 Å². The van der Waals surface area contributed by atoms with E-state index in [1.165, 1.54) is 12.1 Å². The summed E-state index contributed by atoms with van der Waals surface area (Å²) in [6, 6.07) is 12.3. The van der Waals surface area contributed by atoms with E-state index in [4.69, 9.17) is 10.5 Å². The number of aromatic amines is 1. The number of nitro benzene ring substituents is 1. The molecule has 0 spiro atoms. The summed E-state index contributed by atoms with van der Waals surface area (Å²) in [6.07, 6.45) is 2.76. The molecule has 1 aliphatic heterocycles. The molecule has 3 aromatic rings. The van der Waals surface area contributed by atoms with Gasteiger partial charge in [-0.3, -0.25) is 14.9 Å². The summed E-state index contributed by atoms with van der Waals surface area (Å²) in [4.78, 5) is 30.8. The van der Waals surface area contributed by atoms with E-state index >= 15 is 0 Å². The number of nitro groups is 1. The number of aromatic nitrogens is 1. The van der Waals surface area contributed by atoms with Crippen molar-refractivity contribution in [3.05, 3.63) is 64.3 Å². The SMILES string of the molecule is CCC(Oc1ccc2[nH]cc(CCN)c2c1)C(=O)N1CCN(c2ccc([N+](=O)[O-])cc2)CC1. The first-order valence-electron chi connectivity index (χ1n) is 11.2. The number of nitrogens with zero attached hydrogens (tertiary/aromatic N) is 3. The number of hydrogen-bond acceptors (Lipinski definition) is 6. The molecule has 0 bridgehead atoms. The van der Waals surface area contributed by atoms with Crippen molar-refractivity contribution in [2.24, 2.45) is 5.73 Å². The van der Waals surface area contributed by atoms with Crippen LogP contribution in [0.1, 0.15) is 18.9 Å². The number of carbonyl (C=O) groups excluding carboxylic acids is 1. The molecular weight excluding hydrogens is 422 g/mol. The minimum Gasteiger partial charge on any atom is -0.481 e. The highest BCUT2D eigenvalue weighted by atomic mass is 16.6. The first-order valence-corrected chi connectivity index (χ1v) is 11.2. The number of nitrogens with two attached hydrogens (primary N) is 1. The fourth-order valence-corrected chi connectivity index (χ4v) is 4.24. The molecule has 1 amide bonds. The summed E-state index contributed by atoms with van der Waals surface area (Å²) in [7, 11) is 0. The largest absolute Gasteiger partial charge is 0.481 e. The molecule has 1 fully saturated rings. The number of hydrogen-bond donors (Lipinski definition) is 2. The molecule has 1 atom stereocenters. The van der Waals surface area contributed by atoms with E-state index in [1.54, 1.807) is 12.1 Å². The Balaban J connectivity index is 1.38. The molecule has 3 N–H and O–H groups in total. The fraction of sp³-hybridized carbons (Fsp3) is 0.375. The Morgan fingerprint density at radius 2 is 1.91 bits per heavy atom. The highest BCUT2D eigenvalue weighted by Gasteiger charge is 2.28. The van der Waals surface area contributed by atoms with Crippen LogP contribution in [0.3, 0.4) is 0 Å². The van der Waals surface area contributed by atoms with E-state index in [1.807, 2.05) is 36.2 Å². The van der Waals surface area contributed by atoms with Crippen LogP contribution in [-0.2, 0) is 11.2 Å². The van der Waals surface area contributed by atoms with Crippen LogP contribution in [0.15, 0.2) is 48.7 Å². The van der Waals surface area contributed by atoms with E-state index in [0.29, 0.717) is 44.9 Å². The van der Waals surface area contributed by atoms with Crippen molar-refractivity contribution in [3.8, 4) is 5.75 Å². The first kappa shape index (κ1) is 22.6. The smallest absolute Gasteiger partial charge is 0.269 e. The molecule has 0 saturated carbocycles. The molecule has 2 aromatic carbocycles. The van der Waals surface area contributed by atoms with Crippen molar-refractivity contribution in [2.45, 2.75) is 25.9 Å². The monoisotopic (exact) mass is 451 g/mol. The Labute approximate surface area is 192 Å². The highest BCUT2D eigenvalue weighted by molar-refractivity contribution is 5.85. The van der Waals surface area contributed by atoms with E-state index in [2.05, 4.69) is 9.88 Å². The van der Waals surface area contributed by atoms with Crippen LogP contribution in [0.4, 0.5) is 11.4 Å². The number of amides is 1. The van der Waals surface area contributed by atoms with Crippen molar-refractivity contribution in [2.75, 3.05) is 37.6 Å². The Hall–Kier alpha value is -3.59. The number of piperazine rings is 1. The molecule has 9 nitrogen and oxygen atoms in total. The van der Waals surface area contributed by atoms with Gasteiger partial charge in [-0.15, -0.1) is 0 Å². The average molecular weight is 452 g/mol. The van der Waals surface area contributed by atoms with Gasteiger partial charge in [0.1, 0.15) is 5.75 Å². The van der Waals surface area contributed by atoms with Gasteiger partial charge in [0.05, 0.1) is 4.92 Å². The number of fused-ring (bicyclic) bond motifs is 1. The molecule has 33 heavy (non-hydrogen) atoms. The number of carbonyl (C=O) groups is 1. The number of anilines is 1. The maximum absolute atomic E-state index is 13.2. The third-order valence-corrected chi connectivity index (χ3v) is 6.09. The Bertz CT molecular complexity index is 1120. The number of benzene rings is 2. The zero-order chi connectivity index (χ0) is 23.4. The van der Waals surface area contributed by atoms with E-state index < -0.39 is 11.0 Å². The van der Waals surface area contributed by atoms with E-state index in [-0.39, 0.29) is 11.6 Å². The van der Waals surface area contributed by atoms with Crippen molar-refractivity contribution < 1.29 is 14.5 Å². The van der Waals surface area contributed by atoms with E-state index in [0.717, 1.165) is 28.6 Å². The lowest BCUT2D eigenvalue weighted by atomic mass is 10.1. The van der Waals surface area contributed by atoms with Crippen LogP contribution in [0.2, 0.25) is 0 Å². The second-order valence-electron chi connectivity index (χ2n) is 8.16. The van der Waals surface area contributed by atoms with Gasteiger partial charge in [-0.05, 0) is 55.3 Å². The van der Waals surface area contributed by atoms with E-state index in [9.17, 15) is 14.9 Å². The predicted molar refractivity (Wildman–Crippen MR) is 128 cm³/mol. The van der Waals surface area contributed by atoms with Crippen LogP contribution in [-0.4, -0.2) is 59.5 Å². The van der Waals surface area contributed by atoms with Crippen LogP contribution in [0, 0.1) is 10.1 Å². The second-order valence-corrected chi connectivity index (χ2v) is 8.16. The minimum atomic E-state index is -0.551. The topological polar surface area (TPSA) is 118 Å². The lowest BCUT2D eigenvalue weighted by Crippen LogP contribution is -2.52. The Morgan fingerprint density at radius 1 is 1.18 bits per heavy atom. The molecule has 9 heteroatoms. The number of nitrogens with one attached hydrogen (secondary N) is 1. The lowest BCUT2D eigenvalue weighted by molar-refractivity contribution is -0.384. The summed E-state index contributed by atoms with van der Waals surface area (Å²) in [5.41, 5.74) is 8.87. The van der Waals surface area contributed by atoms with Crippen molar-refractivity contribution in [1.82, 2.24) is 9.88 Å². The zero-order valence-corrected chi connectivity index (χ0v) is 18.7. The van der Waals surface area contributed by atoms with Gasteiger partial charge in [-0.1, -0.05) is 6.92 Å². The van der Waals surface area contributed by atoms with Gasteiger partial charge in [-0.2, -0.15) is 0 Å². The van der Waals surface area contributed by atoms with Crippen LogP contribution in [0.5, 0.6) is 5.75 Å². The van der Waals surface area contributed by atoms with Gasteiger partial charge >= 0.3 is 0 Å². The second kappa shape index (κ2) is 9.91. The maximum atomic E-state index is 13.2. The normalized spacial score (nSPS) is 15.0. The quantitative estimate of drug-likeness (QED) is 0.401. The van der Waals surface area contributed by atoms with Gasteiger partial charge in [-0.25, -0.2) is 0 Å². The van der Waals surface area contributed by atoms with Gasteiger partial charge in [0, 0.05) is 61.1 Å². The molecule has 2 heterocycles. The summed E-state index contributed by atoms with van der Waals surface area (Å²) < 4.78 is 6.12. The van der Waals surface area contributed by atoms with Crippen molar-refractivity contribution in [3.63, 3.8) is 0 Å². The highest BCUT2D eigenvalue weighted by Crippen LogP contribution is 2.26. The lowest BCUT2D eigenvalue weighted by Gasteiger charge is -2.37. The zero-order valence-electron chi connectivity index (χ0n) is 18.7. The van der Waals surface area contributed by atoms with Crippen LogP contribution >= 0.6 is 0 Å². The molecule has 1 saturated heterocycles. The number of H-pyrrole nitrogens is 1. The third-order valence-electron chi connectivity index (χ3n) is 6.09. The predicted octanol–water partition coefficient (Wildman–Crippen LogP) is 3.08. The Kier molecular flexibility index (Phi) is 6.79. The van der Waals surface area contributed by atoms with Gasteiger partial charge < -0.3 is 25.3 Å². The summed E-state index contributed by atoms with van der Waals surface area (Å²) in [5.74, 6) is 0.655. The van der Waals surface area contributed by atoms with Crippen molar-refractivity contribution >= 4 is 28.2 Å². The molecule has 174 valence electrons. The first-order chi connectivity index (χ1) is 16.0. The average Bonchev–Trinajstić information content (AvgIpc) is 3.24. The van der Waals surface area contributed by atoms with Gasteiger partial charge in [0.25, 0.3) is 11.6 Å². The number of ether oxygens (including phenoxy) is 1. The summed E-state index contributed by atoms with van der Waals surface area (Å²) in [5, 5.41) is 11.9. The maximum Gasteiger partial charge on any atom is 0.269 e. The molecular formula is C24H29N5O4. The molecule has 1 unspecified atom stereocenters. The number of non-ortho nitro benzene ring substituents is 1.